The first kappa shape index (κ1) is 37.9. The summed E-state index contributed by atoms with van der Waals surface area (Å²) < 4.78 is 3.29. The van der Waals surface area contributed by atoms with Gasteiger partial charge in [0.1, 0.15) is 17.5 Å². The molecule has 1 spiro atoms. The van der Waals surface area contributed by atoms with E-state index < -0.39 is 12.1 Å². The number of nitrogens with zero attached hydrogens (tertiary/aromatic N) is 5. The molecule has 1 aromatic carbocycles. The van der Waals surface area contributed by atoms with Crippen LogP contribution < -0.4 is 15.5 Å². The van der Waals surface area contributed by atoms with E-state index in [1.807, 2.05) is 36.5 Å². The number of aromatic nitrogens is 5. The number of hydrogen-bond donors (Lipinski definition) is 6. The van der Waals surface area contributed by atoms with E-state index in [1.54, 1.807) is 11.3 Å². The van der Waals surface area contributed by atoms with E-state index in [9.17, 15) is 15.0 Å². The van der Waals surface area contributed by atoms with Crippen LogP contribution >= 0.6 is 11.3 Å². The molecule has 4 fully saturated rings. The normalized spacial score (nSPS) is 29.6. The zero-order valence-corrected chi connectivity index (χ0v) is 34.9. The Balaban J connectivity index is 0.867. The SMILES string of the molecule is Cc1c(Nc2nc3ccccc3s2)[nH]c2c1CCCN2c1ccc(-c2cnn(CC34CC5(C)CC6(CCCNCCC(O)CO)CC(C)(C3)C56C4)c2C)c(C(=O)O)n1. The fourth-order valence-electron chi connectivity index (χ4n) is 14.2. The maximum Gasteiger partial charge on any atom is 0.355 e. The summed E-state index contributed by atoms with van der Waals surface area (Å²) in [6.07, 6.45) is 12.4. The number of aliphatic hydroxyl groups excluding tert-OH is 2. The fraction of sp³-hybridized carbons (Fsp3) is 0.556. The summed E-state index contributed by atoms with van der Waals surface area (Å²) in [5.74, 6) is 1.41. The molecule has 4 aliphatic carbocycles. The highest BCUT2D eigenvalue weighted by atomic mass is 32.1. The molecule has 2 bridgehead atoms. The second-order valence-corrected chi connectivity index (χ2v) is 20.2. The highest BCUT2D eigenvalue weighted by molar-refractivity contribution is 7.22. The molecule has 4 aromatic heterocycles. The Bertz CT molecular complexity index is 2380. The molecule has 5 aliphatic rings. The molecule has 0 radical (unpaired) electrons. The maximum absolute atomic E-state index is 12.9. The number of nitrogens with one attached hydrogen (secondary N) is 3. The molecule has 58 heavy (non-hydrogen) atoms. The Kier molecular flexibility index (Phi) is 8.74. The van der Waals surface area contributed by atoms with Crippen molar-refractivity contribution < 1.29 is 20.1 Å². The minimum Gasteiger partial charge on any atom is -0.476 e. The summed E-state index contributed by atoms with van der Waals surface area (Å²) in [4.78, 5) is 28.3. The van der Waals surface area contributed by atoms with Crippen molar-refractivity contribution in [2.45, 2.75) is 105 Å². The van der Waals surface area contributed by atoms with E-state index in [0.717, 1.165) is 89.2 Å². The van der Waals surface area contributed by atoms with Crippen LogP contribution in [0.2, 0.25) is 0 Å². The van der Waals surface area contributed by atoms with Crippen molar-refractivity contribution in [3.05, 3.63) is 65.1 Å². The fourth-order valence-corrected chi connectivity index (χ4v) is 15.1. The number of fused-ring (bicyclic) bond motifs is 3. The van der Waals surface area contributed by atoms with Crippen LogP contribution in [0, 0.1) is 40.9 Å². The molecule has 0 amide bonds. The number of pyridine rings is 1. The number of carboxylic acid groups (broad SMARTS) is 1. The van der Waals surface area contributed by atoms with Gasteiger partial charge in [0.25, 0.3) is 0 Å². The molecule has 10 rings (SSSR count). The number of aromatic amines is 1. The van der Waals surface area contributed by atoms with Gasteiger partial charge in [-0.15, -0.1) is 0 Å². The van der Waals surface area contributed by atoms with E-state index in [0.29, 0.717) is 39.5 Å². The number of benzene rings is 1. The lowest BCUT2D eigenvalue weighted by molar-refractivity contribution is -0.357. The summed E-state index contributed by atoms with van der Waals surface area (Å²) in [5.41, 5.74) is 7.49. The predicted molar refractivity (Wildman–Crippen MR) is 227 cm³/mol. The molecule has 5 aromatic rings. The monoisotopic (exact) mass is 804 g/mol. The molecular weight excluding hydrogens is 749 g/mol. The summed E-state index contributed by atoms with van der Waals surface area (Å²) in [7, 11) is 0. The third kappa shape index (κ3) is 5.41. The average Bonchev–Trinajstić information content (AvgIpc) is 3.97. The van der Waals surface area contributed by atoms with Gasteiger partial charge in [-0.05, 0) is 154 Å². The van der Waals surface area contributed by atoms with Crippen molar-refractivity contribution in [1.29, 1.82) is 0 Å². The van der Waals surface area contributed by atoms with E-state index >= 15 is 0 Å². The third-order valence-electron chi connectivity index (χ3n) is 15.7. The van der Waals surface area contributed by atoms with Crippen LogP contribution in [0.4, 0.5) is 22.6 Å². The van der Waals surface area contributed by atoms with E-state index in [2.05, 4.69) is 59.0 Å². The van der Waals surface area contributed by atoms with Crippen LogP contribution in [0.3, 0.4) is 0 Å². The maximum atomic E-state index is 12.9. The number of rotatable bonds is 15. The predicted octanol–water partition coefficient (Wildman–Crippen LogP) is 8.12. The smallest absolute Gasteiger partial charge is 0.355 e. The number of H-pyrrole nitrogens is 1. The largest absolute Gasteiger partial charge is 0.476 e. The lowest BCUT2D eigenvalue weighted by Gasteiger charge is -2.84. The average molecular weight is 805 g/mol. The van der Waals surface area contributed by atoms with Gasteiger partial charge in [0.15, 0.2) is 10.8 Å². The molecule has 306 valence electrons. The van der Waals surface area contributed by atoms with Crippen LogP contribution in [0.1, 0.15) is 98.9 Å². The Labute approximate surface area is 343 Å². The molecule has 5 heterocycles. The van der Waals surface area contributed by atoms with Crippen molar-refractivity contribution in [3.63, 3.8) is 0 Å². The molecule has 6 N–H and O–H groups in total. The summed E-state index contributed by atoms with van der Waals surface area (Å²) in [6, 6.07) is 12.0. The third-order valence-corrected chi connectivity index (χ3v) is 16.6. The Morgan fingerprint density at radius 2 is 1.81 bits per heavy atom. The van der Waals surface area contributed by atoms with Crippen LogP contribution in [0.15, 0.2) is 42.6 Å². The lowest BCUT2D eigenvalue weighted by Crippen LogP contribution is -2.77. The standard InChI is InChI=1S/C45H56N8O4S/c1-27-30-9-7-18-52(38(30)50-37(27)51-40-48-33-10-5-6-11-34(33)58-40)35-13-12-31(36(49-35)39(56)57)32-19-47-53(28(32)2)26-43-21-41(3)23-44(15-8-16-46-17-14-29(55)20-54)24-42(4,22-43)45(41,44)25-43/h5-6,10-13,19,29,46,50,54-55H,7-9,14-18,20-26H2,1-4H3,(H,48,51)(H,56,57). The van der Waals surface area contributed by atoms with Gasteiger partial charge in [-0.2, -0.15) is 5.10 Å². The Morgan fingerprint density at radius 1 is 1.02 bits per heavy atom. The second kappa shape index (κ2) is 13.4. The minimum atomic E-state index is -1.05. The van der Waals surface area contributed by atoms with Crippen LogP contribution in [0.25, 0.3) is 21.3 Å². The summed E-state index contributed by atoms with van der Waals surface area (Å²) in [5, 5.41) is 42.2. The number of aromatic carboxylic acids is 1. The minimum absolute atomic E-state index is 0.0436. The highest BCUT2D eigenvalue weighted by Gasteiger charge is 2.91. The molecular formula is C45H56N8O4S. The lowest BCUT2D eigenvalue weighted by atomic mass is 9.20. The van der Waals surface area contributed by atoms with Crippen molar-refractivity contribution in [3.8, 4) is 11.1 Å². The summed E-state index contributed by atoms with van der Waals surface area (Å²) in [6.45, 7) is 12.4. The number of para-hydroxylation sites is 1. The van der Waals surface area contributed by atoms with Gasteiger partial charge in [0, 0.05) is 29.9 Å². The Morgan fingerprint density at radius 3 is 2.57 bits per heavy atom. The van der Waals surface area contributed by atoms with Gasteiger partial charge in [-0.25, -0.2) is 14.8 Å². The van der Waals surface area contributed by atoms with Crippen LogP contribution in [-0.4, -0.2) is 78.4 Å². The van der Waals surface area contributed by atoms with Gasteiger partial charge in [0.05, 0.1) is 29.1 Å². The van der Waals surface area contributed by atoms with Gasteiger partial charge in [-0.1, -0.05) is 37.3 Å². The molecule has 3 atom stereocenters. The van der Waals surface area contributed by atoms with E-state index in [1.165, 1.54) is 44.1 Å². The van der Waals surface area contributed by atoms with Gasteiger partial charge in [-0.3, -0.25) is 4.68 Å². The van der Waals surface area contributed by atoms with Crippen molar-refractivity contribution in [2.24, 2.45) is 27.1 Å². The first-order valence-corrected chi connectivity index (χ1v) is 22.0. The van der Waals surface area contributed by atoms with Crippen LogP contribution in [0.5, 0.6) is 0 Å². The second-order valence-electron chi connectivity index (χ2n) is 19.2. The number of carboxylic acids is 1. The molecule has 1 aliphatic heterocycles. The van der Waals surface area contributed by atoms with Gasteiger partial charge in [0.2, 0.25) is 0 Å². The van der Waals surface area contributed by atoms with Gasteiger partial charge >= 0.3 is 5.97 Å². The van der Waals surface area contributed by atoms with Crippen LogP contribution in [-0.2, 0) is 13.0 Å². The zero-order chi connectivity index (χ0) is 40.2. The first-order chi connectivity index (χ1) is 27.8. The number of thiazole rings is 1. The number of anilines is 4. The van der Waals surface area contributed by atoms with Gasteiger partial charge < -0.3 is 35.8 Å². The van der Waals surface area contributed by atoms with Crippen molar-refractivity contribution in [2.75, 3.05) is 36.5 Å². The number of carbonyl (C=O) groups is 1. The zero-order valence-electron chi connectivity index (χ0n) is 34.1. The number of hydrogen-bond acceptors (Lipinski definition) is 10. The highest BCUT2D eigenvalue weighted by Crippen LogP contribution is 2.98. The topological polar surface area (TPSA) is 164 Å². The molecule has 3 unspecified atom stereocenters. The molecule has 13 heteroatoms. The number of aliphatic hydroxyl groups is 2. The first-order valence-electron chi connectivity index (χ1n) is 21.2. The van der Waals surface area contributed by atoms with E-state index in [-0.39, 0.29) is 17.7 Å². The molecule has 4 saturated carbocycles. The molecule has 0 saturated heterocycles. The van der Waals surface area contributed by atoms with Crippen molar-refractivity contribution in [1.82, 2.24) is 30.0 Å². The quantitative estimate of drug-likeness (QED) is 0.0570. The Hall–Kier alpha value is -4.30. The molecule has 12 nitrogen and oxygen atoms in total. The summed E-state index contributed by atoms with van der Waals surface area (Å²) >= 11 is 1.62. The van der Waals surface area contributed by atoms with Crippen molar-refractivity contribution >= 4 is 50.1 Å². The van der Waals surface area contributed by atoms with E-state index in [4.69, 9.17) is 20.2 Å².